The summed E-state index contributed by atoms with van der Waals surface area (Å²) in [5.74, 6) is 0.664. The molecule has 0 saturated heterocycles. The molecule has 0 atom stereocenters. The van der Waals surface area contributed by atoms with Crippen molar-refractivity contribution in [2.75, 3.05) is 13.2 Å². The predicted molar refractivity (Wildman–Crippen MR) is 74.8 cm³/mol. The average Bonchev–Trinajstić information content (AvgIpc) is 2.25. The molecule has 1 radical (unpaired) electrons. The zero-order valence-corrected chi connectivity index (χ0v) is 13.0. The lowest BCUT2D eigenvalue weighted by molar-refractivity contribution is 0.213. The van der Waals surface area contributed by atoms with Crippen molar-refractivity contribution in [3.8, 4) is 0 Å². The van der Waals surface area contributed by atoms with Crippen LogP contribution in [0, 0.1) is 5.92 Å². The lowest BCUT2D eigenvalue weighted by Gasteiger charge is -2.14. The highest BCUT2D eigenvalue weighted by Crippen LogP contribution is 2.16. The van der Waals surface area contributed by atoms with Crippen LogP contribution >= 0.6 is 0 Å². The zero-order chi connectivity index (χ0) is 13.3. The molecule has 4 heteroatoms. The third kappa shape index (κ3) is 8.41. The van der Waals surface area contributed by atoms with Gasteiger partial charge in [-0.3, -0.25) is 0 Å². The summed E-state index contributed by atoms with van der Waals surface area (Å²) >= 11 is 0. The minimum Gasteiger partial charge on any atom is -0.402 e. The summed E-state index contributed by atoms with van der Waals surface area (Å²) < 4.78 is 11.2. The molecule has 0 unspecified atom stereocenters. The first kappa shape index (κ1) is 16.7. The van der Waals surface area contributed by atoms with Crippen molar-refractivity contribution < 1.29 is 8.85 Å². The minimum absolute atomic E-state index is 0.664. The molecule has 0 spiro atoms. The van der Waals surface area contributed by atoms with Crippen molar-refractivity contribution in [3.05, 3.63) is 11.3 Å². The summed E-state index contributed by atoms with van der Waals surface area (Å²) in [5.41, 5.74) is 8.42. The van der Waals surface area contributed by atoms with Crippen LogP contribution in [-0.4, -0.2) is 22.5 Å². The van der Waals surface area contributed by atoms with Crippen LogP contribution < -0.4 is 5.73 Å². The van der Waals surface area contributed by atoms with E-state index in [1.54, 1.807) is 0 Å². The third-order valence-electron chi connectivity index (χ3n) is 2.47. The number of hydrogen-bond donors (Lipinski definition) is 1. The number of hydrogen-bond acceptors (Lipinski definition) is 3. The van der Waals surface area contributed by atoms with Gasteiger partial charge < -0.3 is 14.6 Å². The van der Waals surface area contributed by atoms with Crippen LogP contribution in [0.4, 0.5) is 0 Å². The van der Waals surface area contributed by atoms with Gasteiger partial charge in [-0.05, 0) is 45.6 Å². The lowest BCUT2D eigenvalue weighted by atomic mass is 10.0. The molecule has 2 N–H and O–H groups in total. The lowest BCUT2D eigenvalue weighted by Crippen LogP contribution is -2.23. The van der Waals surface area contributed by atoms with Crippen LogP contribution in [0.3, 0.4) is 0 Å². The Morgan fingerprint density at radius 2 is 1.71 bits per heavy atom. The Kier molecular flexibility index (Phi) is 9.50. The molecule has 0 aromatic rings. The summed E-state index contributed by atoms with van der Waals surface area (Å²) in [4.78, 5) is 0. The Morgan fingerprint density at radius 3 is 2.12 bits per heavy atom. The van der Waals surface area contributed by atoms with E-state index in [4.69, 9.17) is 14.6 Å². The topological polar surface area (TPSA) is 44.5 Å². The van der Waals surface area contributed by atoms with E-state index in [1.165, 1.54) is 5.57 Å². The van der Waals surface area contributed by atoms with Crippen molar-refractivity contribution in [1.29, 1.82) is 0 Å². The molecule has 0 rings (SSSR count). The fourth-order valence-electron chi connectivity index (χ4n) is 1.70. The first-order valence-corrected chi connectivity index (χ1v) is 8.09. The SMILES string of the molecule is CCO[Si](CCC(N)=C(C)CC(C)C)OCC. The zero-order valence-electron chi connectivity index (χ0n) is 12.0. The van der Waals surface area contributed by atoms with Crippen LogP contribution in [0.2, 0.25) is 6.04 Å². The predicted octanol–water partition coefficient (Wildman–Crippen LogP) is 3.22. The maximum atomic E-state index is 6.09. The van der Waals surface area contributed by atoms with Crippen molar-refractivity contribution in [1.82, 2.24) is 0 Å². The van der Waals surface area contributed by atoms with Crippen molar-refractivity contribution >= 4 is 9.28 Å². The van der Waals surface area contributed by atoms with Gasteiger partial charge in [0.2, 0.25) is 0 Å². The van der Waals surface area contributed by atoms with Crippen LogP contribution in [0.1, 0.15) is 47.5 Å². The van der Waals surface area contributed by atoms with Crippen LogP contribution in [0.5, 0.6) is 0 Å². The van der Waals surface area contributed by atoms with Gasteiger partial charge in [0.05, 0.1) is 0 Å². The smallest absolute Gasteiger partial charge is 0.384 e. The maximum Gasteiger partial charge on any atom is 0.384 e. The molecule has 0 aromatic heterocycles. The number of nitrogens with two attached hydrogens (primary N) is 1. The Hall–Kier alpha value is -0.323. The number of allylic oxidation sites excluding steroid dienone is 2. The van der Waals surface area contributed by atoms with Gasteiger partial charge in [-0.2, -0.15) is 0 Å². The van der Waals surface area contributed by atoms with Gasteiger partial charge in [0, 0.05) is 18.9 Å². The Balaban J connectivity index is 4.13. The van der Waals surface area contributed by atoms with Gasteiger partial charge >= 0.3 is 9.28 Å². The molecule has 0 fully saturated rings. The largest absolute Gasteiger partial charge is 0.402 e. The monoisotopic (exact) mass is 258 g/mol. The van der Waals surface area contributed by atoms with Gasteiger partial charge in [-0.15, -0.1) is 0 Å². The van der Waals surface area contributed by atoms with E-state index in [2.05, 4.69) is 20.8 Å². The molecular weight excluding hydrogens is 230 g/mol. The molecular formula is C13H28NO2Si. The van der Waals surface area contributed by atoms with Crippen LogP contribution in [0.25, 0.3) is 0 Å². The van der Waals surface area contributed by atoms with E-state index in [0.717, 1.165) is 37.8 Å². The number of rotatable bonds is 9. The van der Waals surface area contributed by atoms with E-state index in [9.17, 15) is 0 Å². The second kappa shape index (κ2) is 9.68. The fourth-order valence-corrected chi connectivity index (χ4v) is 3.19. The van der Waals surface area contributed by atoms with Gasteiger partial charge in [-0.25, -0.2) is 0 Å². The molecule has 17 heavy (non-hydrogen) atoms. The van der Waals surface area contributed by atoms with Gasteiger partial charge in [0.15, 0.2) is 0 Å². The van der Waals surface area contributed by atoms with E-state index >= 15 is 0 Å². The molecule has 3 nitrogen and oxygen atoms in total. The van der Waals surface area contributed by atoms with E-state index in [-0.39, 0.29) is 0 Å². The van der Waals surface area contributed by atoms with Crippen molar-refractivity contribution in [3.63, 3.8) is 0 Å². The molecule has 0 saturated carbocycles. The van der Waals surface area contributed by atoms with Crippen LogP contribution in [0.15, 0.2) is 11.3 Å². The Labute approximate surface area is 108 Å². The molecule has 0 aromatic carbocycles. The average molecular weight is 258 g/mol. The maximum absolute atomic E-state index is 6.09. The first-order chi connectivity index (χ1) is 8.01. The highest BCUT2D eigenvalue weighted by Gasteiger charge is 2.15. The first-order valence-electron chi connectivity index (χ1n) is 6.56. The highest BCUT2D eigenvalue weighted by molar-refractivity contribution is 6.44. The quantitative estimate of drug-likeness (QED) is 0.646. The van der Waals surface area contributed by atoms with Crippen molar-refractivity contribution in [2.45, 2.75) is 53.5 Å². The molecule has 0 aliphatic rings. The van der Waals surface area contributed by atoms with E-state index in [1.807, 2.05) is 13.8 Å². The molecule has 101 valence electrons. The fraction of sp³-hybridized carbons (Fsp3) is 0.846. The Bertz CT molecular complexity index is 223. The second-order valence-electron chi connectivity index (χ2n) is 4.64. The molecule has 0 bridgehead atoms. The normalized spacial score (nSPS) is 13.4. The standard InChI is InChI=1S/C13H28NO2Si/c1-6-15-17(16-7-2)9-8-13(14)12(5)10-11(3)4/h11H,6-10,14H2,1-5H3. The van der Waals surface area contributed by atoms with Gasteiger partial charge in [0.25, 0.3) is 0 Å². The van der Waals surface area contributed by atoms with Gasteiger partial charge in [-0.1, -0.05) is 19.4 Å². The second-order valence-corrected chi connectivity index (χ2v) is 6.46. The molecule has 0 amide bonds. The third-order valence-corrected chi connectivity index (χ3v) is 4.35. The van der Waals surface area contributed by atoms with E-state index < -0.39 is 9.28 Å². The van der Waals surface area contributed by atoms with Gasteiger partial charge in [0.1, 0.15) is 0 Å². The summed E-state index contributed by atoms with van der Waals surface area (Å²) in [6.45, 7) is 12.0. The summed E-state index contributed by atoms with van der Waals surface area (Å²) in [5, 5.41) is 0. The van der Waals surface area contributed by atoms with Crippen molar-refractivity contribution in [2.24, 2.45) is 11.7 Å². The summed E-state index contributed by atoms with van der Waals surface area (Å²) in [7, 11) is -1.12. The molecule has 0 aliphatic carbocycles. The molecule has 0 heterocycles. The summed E-state index contributed by atoms with van der Waals surface area (Å²) in [6.07, 6.45) is 1.98. The van der Waals surface area contributed by atoms with Crippen LogP contribution in [-0.2, 0) is 8.85 Å². The highest BCUT2D eigenvalue weighted by atomic mass is 28.3. The minimum atomic E-state index is -1.12. The van der Waals surface area contributed by atoms with E-state index in [0.29, 0.717) is 5.92 Å². The Morgan fingerprint density at radius 1 is 1.18 bits per heavy atom. The summed E-state index contributed by atoms with van der Waals surface area (Å²) in [6, 6.07) is 0.938. The molecule has 0 aliphatic heterocycles.